The van der Waals surface area contributed by atoms with Gasteiger partial charge < -0.3 is 0 Å². The molecule has 0 saturated carbocycles. The number of pyridine rings is 1. The van der Waals surface area contributed by atoms with Crippen LogP contribution < -0.4 is 11.3 Å². The van der Waals surface area contributed by atoms with Crippen molar-refractivity contribution >= 4 is 0 Å². The maximum absolute atomic E-state index is 5.61. The van der Waals surface area contributed by atoms with Gasteiger partial charge in [-0.25, -0.2) is 0 Å². The molecule has 0 amide bonds. The Hall–Kier alpha value is -0.930. The van der Waals surface area contributed by atoms with Gasteiger partial charge in [-0.1, -0.05) is 32.8 Å². The maximum Gasteiger partial charge on any atom is 0.0477 e. The summed E-state index contributed by atoms with van der Waals surface area (Å²) in [6.45, 7) is 6.53. The summed E-state index contributed by atoms with van der Waals surface area (Å²) >= 11 is 0. The lowest BCUT2D eigenvalue weighted by molar-refractivity contribution is 0.453. The Morgan fingerprint density at radius 3 is 2.69 bits per heavy atom. The Morgan fingerprint density at radius 2 is 2.12 bits per heavy atom. The fraction of sp³-hybridized carbons (Fsp3) is 0.615. The number of nitrogens with two attached hydrogens (primary N) is 1. The highest BCUT2D eigenvalue weighted by atomic mass is 15.2. The molecule has 3 nitrogen and oxygen atoms in total. The topological polar surface area (TPSA) is 50.9 Å². The third-order valence-corrected chi connectivity index (χ3v) is 2.90. The van der Waals surface area contributed by atoms with Crippen LogP contribution in [0.5, 0.6) is 0 Å². The second kappa shape index (κ2) is 6.61. The molecule has 1 rings (SSSR count). The summed E-state index contributed by atoms with van der Waals surface area (Å²) in [4.78, 5) is 4.30. The zero-order valence-corrected chi connectivity index (χ0v) is 10.5. The predicted octanol–water partition coefficient (Wildman–Crippen LogP) is 2.72. The minimum Gasteiger partial charge on any atom is -0.271 e. The third-order valence-electron chi connectivity index (χ3n) is 2.90. The van der Waals surface area contributed by atoms with Crippen LogP contribution in [0, 0.1) is 12.8 Å². The highest BCUT2D eigenvalue weighted by Crippen LogP contribution is 2.21. The molecular formula is C13H23N3. The average molecular weight is 221 g/mol. The average Bonchev–Trinajstić information content (AvgIpc) is 2.25. The van der Waals surface area contributed by atoms with Gasteiger partial charge in [0.1, 0.15) is 0 Å². The second-order valence-electron chi connectivity index (χ2n) is 4.72. The van der Waals surface area contributed by atoms with Crippen LogP contribution in [0.3, 0.4) is 0 Å². The summed E-state index contributed by atoms with van der Waals surface area (Å²) in [5.74, 6) is 6.37. The van der Waals surface area contributed by atoms with E-state index in [0.29, 0.717) is 0 Å². The van der Waals surface area contributed by atoms with Crippen molar-refractivity contribution in [3.8, 4) is 0 Å². The van der Waals surface area contributed by atoms with Gasteiger partial charge in [0, 0.05) is 17.9 Å². The van der Waals surface area contributed by atoms with Crippen molar-refractivity contribution in [3.05, 3.63) is 29.6 Å². The van der Waals surface area contributed by atoms with Gasteiger partial charge in [-0.2, -0.15) is 0 Å². The second-order valence-corrected chi connectivity index (χ2v) is 4.72. The summed E-state index contributed by atoms with van der Waals surface area (Å²) in [5.41, 5.74) is 5.17. The highest BCUT2D eigenvalue weighted by Gasteiger charge is 2.12. The van der Waals surface area contributed by atoms with Crippen LogP contribution in [0.2, 0.25) is 0 Å². The van der Waals surface area contributed by atoms with E-state index in [9.17, 15) is 0 Å². The fourth-order valence-electron chi connectivity index (χ4n) is 1.92. The summed E-state index contributed by atoms with van der Waals surface area (Å²) in [5, 5.41) is 0. The number of nitrogens with one attached hydrogen (secondary N) is 1. The van der Waals surface area contributed by atoms with E-state index in [1.165, 1.54) is 18.4 Å². The highest BCUT2D eigenvalue weighted by molar-refractivity contribution is 5.22. The van der Waals surface area contributed by atoms with Crippen molar-refractivity contribution in [2.75, 3.05) is 0 Å². The Bertz CT molecular complexity index is 310. The SMILES string of the molecule is Cc1ncccc1C(CCCC(C)C)NN. The molecule has 1 aromatic heterocycles. The normalized spacial score (nSPS) is 13.1. The molecule has 3 heteroatoms. The van der Waals surface area contributed by atoms with E-state index in [-0.39, 0.29) is 6.04 Å². The molecule has 0 saturated heterocycles. The third kappa shape index (κ3) is 3.91. The van der Waals surface area contributed by atoms with Crippen molar-refractivity contribution in [2.45, 2.75) is 46.1 Å². The van der Waals surface area contributed by atoms with Gasteiger partial charge in [0.15, 0.2) is 0 Å². The van der Waals surface area contributed by atoms with Crippen molar-refractivity contribution in [2.24, 2.45) is 11.8 Å². The summed E-state index contributed by atoms with van der Waals surface area (Å²) < 4.78 is 0. The van der Waals surface area contributed by atoms with Crippen molar-refractivity contribution < 1.29 is 0 Å². The smallest absolute Gasteiger partial charge is 0.0477 e. The molecule has 1 unspecified atom stereocenters. The van der Waals surface area contributed by atoms with Gasteiger partial charge in [-0.3, -0.25) is 16.3 Å². The van der Waals surface area contributed by atoms with Gasteiger partial charge in [0.25, 0.3) is 0 Å². The van der Waals surface area contributed by atoms with E-state index in [0.717, 1.165) is 18.0 Å². The van der Waals surface area contributed by atoms with Crippen LogP contribution in [0.25, 0.3) is 0 Å². The lowest BCUT2D eigenvalue weighted by Crippen LogP contribution is -2.28. The van der Waals surface area contributed by atoms with Crippen LogP contribution in [0.4, 0.5) is 0 Å². The zero-order valence-electron chi connectivity index (χ0n) is 10.5. The fourth-order valence-corrected chi connectivity index (χ4v) is 1.92. The molecule has 0 aliphatic heterocycles. The number of aryl methyl sites for hydroxylation is 1. The Kier molecular flexibility index (Phi) is 5.43. The van der Waals surface area contributed by atoms with Crippen LogP contribution in [-0.4, -0.2) is 4.98 Å². The molecule has 3 N–H and O–H groups in total. The number of hydrogen-bond donors (Lipinski definition) is 2. The van der Waals surface area contributed by atoms with E-state index in [2.05, 4.69) is 30.3 Å². The summed E-state index contributed by atoms with van der Waals surface area (Å²) in [7, 11) is 0. The van der Waals surface area contributed by atoms with E-state index < -0.39 is 0 Å². The quantitative estimate of drug-likeness (QED) is 0.573. The van der Waals surface area contributed by atoms with Gasteiger partial charge >= 0.3 is 0 Å². The van der Waals surface area contributed by atoms with Gasteiger partial charge in [0.2, 0.25) is 0 Å². The lowest BCUT2D eigenvalue weighted by Gasteiger charge is -2.18. The number of hydrazine groups is 1. The first-order chi connectivity index (χ1) is 7.65. The maximum atomic E-state index is 5.61. The molecule has 90 valence electrons. The Balaban J connectivity index is 2.57. The Labute approximate surface area is 98.4 Å². The Morgan fingerprint density at radius 1 is 1.38 bits per heavy atom. The standard InChI is InChI=1S/C13H23N3/c1-10(2)6-4-8-13(16-14)12-7-5-9-15-11(12)3/h5,7,9-10,13,16H,4,6,8,14H2,1-3H3. The summed E-state index contributed by atoms with van der Waals surface area (Å²) in [6, 6.07) is 4.30. The van der Waals surface area contributed by atoms with Crippen molar-refractivity contribution in [3.63, 3.8) is 0 Å². The lowest BCUT2D eigenvalue weighted by atomic mass is 9.98. The molecule has 0 aliphatic rings. The number of rotatable bonds is 6. The minimum atomic E-state index is 0.229. The van der Waals surface area contributed by atoms with Crippen LogP contribution in [0.15, 0.2) is 18.3 Å². The van der Waals surface area contributed by atoms with Crippen LogP contribution >= 0.6 is 0 Å². The molecule has 0 aromatic carbocycles. The molecule has 1 aromatic rings. The zero-order chi connectivity index (χ0) is 12.0. The molecule has 0 aliphatic carbocycles. The van der Waals surface area contributed by atoms with E-state index in [4.69, 9.17) is 5.84 Å². The van der Waals surface area contributed by atoms with Gasteiger partial charge in [-0.05, 0) is 30.9 Å². The van der Waals surface area contributed by atoms with E-state index in [1.807, 2.05) is 19.2 Å². The first-order valence-corrected chi connectivity index (χ1v) is 6.02. The molecule has 16 heavy (non-hydrogen) atoms. The molecule has 1 heterocycles. The molecule has 0 bridgehead atoms. The van der Waals surface area contributed by atoms with Crippen LogP contribution in [-0.2, 0) is 0 Å². The van der Waals surface area contributed by atoms with Crippen molar-refractivity contribution in [1.29, 1.82) is 0 Å². The molecule has 1 atom stereocenters. The first-order valence-electron chi connectivity index (χ1n) is 6.02. The molecular weight excluding hydrogens is 198 g/mol. The molecule has 0 spiro atoms. The molecule has 0 radical (unpaired) electrons. The molecule has 0 fully saturated rings. The largest absolute Gasteiger partial charge is 0.271 e. The minimum absolute atomic E-state index is 0.229. The predicted molar refractivity (Wildman–Crippen MR) is 67.7 cm³/mol. The first kappa shape index (κ1) is 13.1. The van der Waals surface area contributed by atoms with Gasteiger partial charge in [-0.15, -0.1) is 0 Å². The van der Waals surface area contributed by atoms with Crippen LogP contribution in [0.1, 0.15) is 50.4 Å². The number of aromatic nitrogens is 1. The van der Waals surface area contributed by atoms with Crippen molar-refractivity contribution in [1.82, 2.24) is 10.4 Å². The number of hydrogen-bond acceptors (Lipinski definition) is 3. The number of nitrogens with zero attached hydrogens (tertiary/aromatic N) is 1. The van der Waals surface area contributed by atoms with Gasteiger partial charge in [0.05, 0.1) is 0 Å². The van der Waals surface area contributed by atoms with E-state index >= 15 is 0 Å². The van der Waals surface area contributed by atoms with E-state index in [1.54, 1.807) is 0 Å². The summed E-state index contributed by atoms with van der Waals surface area (Å²) in [6.07, 6.45) is 5.33. The monoisotopic (exact) mass is 221 g/mol.